The zero-order valence-electron chi connectivity index (χ0n) is 24.6. The van der Waals surface area contributed by atoms with Crippen LogP contribution >= 0.6 is 0 Å². The molecule has 0 saturated carbocycles. The van der Waals surface area contributed by atoms with E-state index >= 15 is 0 Å². The van der Waals surface area contributed by atoms with E-state index < -0.39 is 11.8 Å². The van der Waals surface area contributed by atoms with Crippen LogP contribution in [-0.2, 0) is 9.59 Å². The van der Waals surface area contributed by atoms with Gasteiger partial charge in [0.15, 0.2) is 0 Å². The van der Waals surface area contributed by atoms with Gasteiger partial charge in [-0.25, -0.2) is 0 Å². The van der Waals surface area contributed by atoms with Crippen LogP contribution in [-0.4, -0.2) is 47.8 Å². The van der Waals surface area contributed by atoms with Crippen molar-refractivity contribution in [1.82, 2.24) is 0 Å². The van der Waals surface area contributed by atoms with Gasteiger partial charge in [-0.15, -0.1) is 0 Å². The van der Waals surface area contributed by atoms with Crippen molar-refractivity contribution < 1.29 is 9.59 Å². The zero-order chi connectivity index (χ0) is 30.5. The monoisotopic (exact) mass is 580 g/mol. The smallest absolute Gasteiger partial charge is 0.262 e. The molecule has 0 saturated heterocycles. The lowest BCUT2D eigenvalue weighted by atomic mass is 9.92. The molecule has 0 N–H and O–H groups in total. The molecule has 44 heavy (non-hydrogen) atoms. The molecule has 4 aromatic carbocycles. The first-order valence-corrected chi connectivity index (χ1v) is 14.6. The van der Waals surface area contributed by atoms with E-state index in [1.165, 1.54) is 10.0 Å². The Labute approximate surface area is 256 Å². The SMILES string of the molecule is CC1=NN(c2ccccc2)C(=O)C1C(=NCCN=C(c1ccccc1)C1C(=O)N(c2ccccc2)N=C1C)c1ccccc1. The number of carbonyl (C=O) groups excluding carboxylic acids is 2. The molecule has 2 aliphatic rings. The molecule has 2 atom stereocenters. The summed E-state index contributed by atoms with van der Waals surface area (Å²) in [4.78, 5) is 37.3. The molecule has 0 aromatic heterocycles. The van der Waals surface area contributed by atoms with E-state index in [2.05, 4.69) is 10.2 Å². The number of rotatable bonds is 9. The Morgan fingerprint density at radius 3 is 1.20 bits per heavy atom. The standard InChI is InChI=1S/C36H32N6O2/c1-25-31(35(43)41(39-25)29-19-11-5-12-20-29)33(27-15-7-3-8-16-27)37-23-24-38-34(28-17-9-4-10-18-28)32-26(2)40-42(36(32)44)30-21-13-6-14-22-30/h3-22,31-32H,23-24H2,1-2H3. The Balaban J connectivity index is 1.29. The molecular formula is C36H32N6O2. The molecule has 4 aromatic rings. The lowest BCUT2D eigenvalue weighted by Gasteiger charge is -2.17. The summed E-state index contributed by atoms with van der Waals surface area (Å²) in [7, 11) is 0. The van der Waals surface area contributed by atoms with E-state index in [1.807, 2.05) is 135 Å². The second-order valence-electron chi connectivity index (χ2n) is 10.6. The molecular weight excluding hydrogens is 548 g/mol. The number of benzene rings is 4. The number of nitrogens with zero attached hydrogens (tertiary/aromatic N) is 6. The fourth-order valence-corrected chi connectivity index (χ4v) is 5.53. The highest BCUT2D eigenvalue weighted by atomic mass is 16.2. The maximum absolute atomic E-state index is 13.7. The summed E-state index contributed by atoms with van der Waals surface area (Å²) >= 11 is 0. The van der Waals surface area contributed by atoms with E-state index in [4.69, 9.17) is 9.98 Å². The Morgan fingerprint density at radius 2 is 0.864 bits per heavy atom. The van der Waals surface area contributed by atoms with Gasteiger partial charge < -0.3 is 0 Å². The zero-order valence-corrected chi connectivity index (χ0v) is 24.6. The number of hydrogen-bond donors (Lipinski definition) is 0. The minimum absolute atomic E-state index is 0.144. The van der Waals surface area contributed by atoms with Gasteiger partial charge in [0, 0.05) is 0 Å². The molecule has 2 aliphatic heterocycles. The largest absolute Gasteiger partial charge is 0.286 e. The van der Waals surface area contributed by atoms with Crippen LogP contribution in [0.3, 0.4) is 0 Å². The van der Waals surface area contributed by atoms with E-state index in [-0.39, 0.29) is 11.8 Å². The lowest BCUT2D eigenvalue weighted by Crippen LogP contribution is -2.34. The van der Waals surface area contributed by atoms with E-state index in [0.29, 0.717) is 47.3 Å². The topological polar surface area (TPSA) is 90.1 Å². The third-order valence-corrected chi connectivity index (χ3v) is 7.61. The number of anilines is 2. The Kier molecular flexibility index (Phi) is 8.32. The van der Waals surface area contributed by atoms with Crippen molar-refractivity contribution in [2.75, 3.05) is 23.1 Å². The number of para-hydroxylation sites is 2. The molecule has 0 spiro atoms. The maximum Gasteiger partial charge on any atom is 0.262 e. The van der Waals surface area contributed by atoms with Crippen LogP contribution in [0.25, 0.3) is 0 Å². The van der Waals surface area contributed by atoms with Crippen molar-refractivity contribution in [2.45, 2.75) is 13.8 Å². The van der Waals surface area contributed by atoms with Crippen LogP contribution in [0.5, 0.6) is 0 Å². The predicted molar refractivity (Wildman–Crippen MR) is 177 cm³/mol. The molecule has 6 rings (SSSR count). The van der Waals surface area contributed by atoms with Gasteiger partial charge in [0.1, 0.15) is 11.8 Å². The molecule has 0 fully saturated rings. The highest BCUT2D eigenvalue weighted by molar-refractivity contribution is 6.32. The molecule has 2 unspecified atom stereocenters. The third-order valence-electron chi connectivity index (χ3n) is 7.61. The van der Waals surface area contributed by atoms with Crippen molar-refractivity contribution >= 4 is 46.0 Å². The first-order valence-electron chi connectivity index (χ1n) is 14.6. The molecule has 8 nitrogen and oxygen atoms in total. The summed E-state index contributed by atoms with van der Waals surface area (Å²) in [6.45, 7) is 4.37. The van der Waals surface area contributed by atoms with Crippen molar-refractivity contribution in [3.63, 3.8) is 0 Å². The van der Waals surface area contributed by atoms with Gasteiger partial charge in [-0.3, -0.25) is 19.6 Å². The fourth-order valence-electron chi connectivity index (χ4n) is 5.53. The van der Waals surface area contributed by atoms with Gasteiger partial charge in [0.05, 0.1) is 47.3 Å². The van der Waals surface area contributed by atoms with Gasteiger partial charge >= 0.3 is 0 Å². The molecule has 218 valence electrons. The first-order chi connectivity index (χ1) is 21.5. The third kappa shape index (κ3) is 5.74. The van der Waals surface area contributed by atoms with Crippen molar-refractivity contribution in [2.24, 2.45) is 32.0 Å². The summed E-state index contributed by atoms with van der Waals surface area (Å²) in [6, 6.07) is 38.3. The van der Waals surface area contributed by atoms with Crippen LogP contribution in [0.4, 0.5) is 11.4 Å². The normalized spacial score (nSPS) is 19.0. The molecule has 2 heterocycles. The highest BCUT2D eigenvalue weighted by Crippen LogP contribution is 2.28. The van der Waals surface area contributed by atoms with Crippen LogP contribution in [0.2, 0.25) is 0 Å². The quantitative estimate of drug-likeness (QED) is 0.178. The van der Waals surface area contributed by atoms with Crippen LogP contribution < -0.4 is 10.0 Å². The number of amides is 2. The minimum Gasteiger partial charge on any atom is -0.286 e. The van der Waals surface area contributed by atoms with Gasteiger partial charge in [0.25, 0.3) is 11.8 Å². The Morgan fingerprint density at radius 1 is 0.545 bits per heavy atom. The van der Waals surface area contributed by atoms with Crippen molar-refractivity contribution in [3.05, 3.63) is 132 Å². The summed E-state index contributed by atoms with van der Waals surface area (Å²) in [5, 5.41) is 12.1. The second kappa shape index (κ2) is 12.8. The molecule has 0 radical (unpaired) electrons. The second-order valence-corrected chi connectivity index (χ2v) is 10.6. The van der Waals surface area contributed by atoms with Crippen LogP contribution in [0, 0.1) is 11.8 Å². The number of carbonyl (C=O) groups is 2. The highest BCUT2D eigenvalue weighted by Gasteiger charge is 2.39. The fraction of sp³-hybridized carbons (Fsp3) is 0.167. The number of hydrazone groups is 2. The van der Waals surface area contributed by atoms with Gasteiger partial charge in [0.2, 0.25) is 0 Å². The number of aliphatic imine (C=N–C) groups is 2. The van der Waals surface area contributed by atoms with Gasteiger partial charge in [-0.2, -0.15) is 20.2 Å². The summed E-state index contributed by atoms with van der Waals surface area (Å²) in [5.41, 5.74) is 5.80. The molecule has 2 amide bonds. The van der Waals surface area contributed by atoms with Gasteiger partial charge in [-0.1, -0.05) is 97.1 Å². The average Bonchev–Trinajstić information content (AvgIpc) is 3.53. The summed E-state index contributed by atoms with van der Waals surface area (Å²) < 4.78 is 0. The lowest BCUT2D eigenvalue weighted by molar-refractivity contribution is -0.119. The predicted octanol–water partition coefficient (Wildman–Crippen LogP) is 6.04. The maximum atomic E-state index is 13.7. The Bertz CT molecular complexity index is 1630. The Hall–Kier alpha value is -5.50. The average molecular weight is 581 g/mol. The van der Waals surface area contributed by atoms with E-state index in [0.717, 1.165) is 11.1 Å². The minimum atomic E-state index is -0.611. The van der Waals surface area contributed by atoms with Crippen molar-refractivity contribution in [3.8, 4) is 0 Å². The van der Waals surface area contributed by atoms with Crippen molar-refractivity contribution in [1.29, 1.82) is 0 Å². The molecule has 0 bridgehead atoms. The van der Waals surface area contributed by atoms with Crippen LogP contribution in [0.1, 0.15) is 25.0 Å². The van der Waals surface area contributed by atoms with Crippen LogP contribution in [0.15, 0.2) is 142 Å². The molecule has 0 aliphatic carbocycles. The summed E-state index contributed by atoms with van der Waals surface area (Å²) in [6.07, 6.45) is 0. The number of hydrogen-bond acceptors (Lipinski definition) is 6. The first kappa shape index (κ1) is 28.6. The van der Waals surface area contributed by atoms with Gasteiger partial charge in [-0.05, 0) is 49.2 Å². The molecule has 8 heteroatoms. The van der Waals surface area contributed by atoms with E-state index in [1.54, 1.807) is 0 Å². The van der Waals surface area contributed by atoms with E-state index in [9.17, 15) is 9.59 Å². The summed E-state index contributed by atoms with van der Waals surface area (Å²) in [5.74, 6) is -1.51.